The zero-order valence-corrected chi connectivity index (χ0v) is 8.48. The van der Waals surface area contributed by atoms with Gasteiger partial charge in [0.1, 0.15) is 0 Å². The van der Waals surface area contributed by atoms with E-state index in [2.05, 4.69) is 0 Å². The second kappa shape index (κ2) is 4.14. The SMILES string of the molecule is Cl.FC(F)(F)N1C=CCc2ccccc21. The van der Waals surface area contributed by atoms with Crippen molar-refractivity contribution >= 4 is 18.1 Å². The summed E-state index contributed by atoms with van der Waals surface area (Å²) in [6.45, 7) is 0. The molecule has 2 rings (SSSR count). The second-order valence-electron chi connectivity index (χ2n) is 3.06. The fraction of sp³-hybridized carbons (Fsp3) is 0.200. The minimum absolute atomic E-state index is 0. The highest BCUT2D eigenvalue weighted by Gasteiger charge is 2.37. The summed E-state index contributed by atoms with van der Waals surface area (Å²) < 4.78 is 37.5. The van der Waals surface area contributed by atoms with Gasteiger partial charge in [-0.25, -0.2) is 0 Å². The van der Waals surface area contributed by atoms with Crippen LogP contribution in [-0.2, 0) is 6.42 Å². The van der Waals surface area contributed by atoms with Gasteiger partial charge in [-0.1, -0.05) is 24.3 Å². The summed E-state index contributed by atoms with van der Waals surface area (Å²) >= 11 is 0. The lowest BCUT2D eigenvalue weighted by Crippen LogP contribution is -2.35. The van der Waals surface area contributed by atoms with Crippen molar-refractivity contribution in [3.63, 3.8) is 0 Å². The first-order valence-corrected chi connectivity index (χ1v) is 4.19. The summed E-state index contributed by atoms with van der Waals surface area (Å²) in [6.07, 6.45) is -1.20. The van der Waals surface area contributed by atoms with Gasteiger partial charge in [0.2, 0.25) is 0 Å². The summed E-state index contributed by atoms with van der Waals surface area (Å²) in [5.41, 5.74) is 0.926. The third-order valence-electron chi connectivity index (χ3n) is 2.12. The minimum Gasteiger partial charge on any atom is -0.260 e. The molecule has 0 spiro atoms. The van der Waals surface area contributed by atoms with Crippen molar-refractivity contribution in [1.82, 2.24) is 0 Å². The van der Waals surface area contributed by atoms with Crippen LogP contribution in [0.3, 0.4) is 0 Å². The number of para-hydroxylation sites is 1. The number of allylic oxidation sites excluding steroid dienone is 1. The molecule has 0 fully saturated rings. The van der Waals surface area contributed by atoms with Crippen LogP contribution in [0.25, 0.3) is 0 Å². The molecule has 5 heteroatoms. The highest BCUT2D eigenvalue weighted by molar-refractivity contribution is 5.85. The number of nitrogens with zero attached hydrogens (tertiary/aromatic N) is 1. The Kier molecular flexibility index (Phi) is 3.29. The van der Waals surface area contributed by atoms with Gasteiger partial charge >= 0.3 is 6.30 Å². The van der Waals surface area contributed by atoms with Gasteiger partial charge in [0.05, 0.1) is 5.69 Å². The molecular formula is C10H9ClF3N. The molecule has 1 aliphatic rings. The molecular weight excluding hydrogens is 227 g/mol. The van der Waals surface area contributed by atoms with Crippen LogP contribution in [-0.4, -0.2) is 6.30 Å². The predicted octanol–water partition coefficient (Wildman–Crippen LogP) is 3.50. The highest BCUT2D eigenvalue weighted by atomic mass is 35.5. The van der Waals surface area contributed by atoms with Crippen molar-refractivity contribution in [3.05, 3.63) is 42.1 Å². The first-order chi connectivity index (χ1) is 6.59. The number of anilines is 1. The van der Waals surface area contributed by atoms with Gasteiger partial charge in [-0.3, -0.25) is 4.90 Å². The van der Waals surface area contributed by atoms with Crippen LogP contribution in [0, 0.1) is 0 Å². The Morgan fingerprint density at radius 3 is 2.47 bits per heavy atom. The van der Waals surface area contributed by atoms with Gasteiger partial charge in [-0.2, -0.15) is 0 Å². The molecule has 1 aromatic rings. The van der Waals surface area contributed by atoms with Crippen LogP contribution < -0.4 is 4.90 Å². The van der Waals surface area contributed by atoms with E-state index < -0.39 is 6.30 Å². The number of rotatable bonds is 0. The zero-order chi connectivity index (χ0) is 10.2. The quantitative estimate of drug-likeness (QED) is 0.622. The van der Waals surface area contributed by atoms with E-state index in [1.54, 1.807) is 18.2 Å². The van der Waals surface area contributed by atoms with E-state index in [1.807, 2.05) is 0 Å². The van der Waals surface area contributed by atoms with E-state index in [9.17, 15) is 13.2 Å². The number of benzene rings is 1. The molecule has 0 unspecified atom stereocenters. The van der Waals surface area contributed by atoms with Gasteiger partial charge in [-0.15, -0.1) is 25.6 Å². The Hall–Kier alpha value is -1.16. The topological polar surface area (TPSA) is 3.24 Å². The summed E-state index contributed by atoms with van der Waals surface area (Å²) in [5, 5.41) is 0. The number of halogens is 4. The van der Waals surface area contributed by atoms with Crippen molar-refractivity contribution in [1.29, 1.82) is 0 Å². The van der Waals surface area contributed by atoms with Gasteiger partial charge < -0.3 is 0 Å². The summed E-state index contributed by atoms with van der Waals surface area (Å²) in [7, 11) is 0. The molecule has 1 aliphatic heterocycles. The van der Waals surface area contributed by atoms with E-state index in [4.69, 9.17) is 0 Å². The molecule has 0 amide bonds. The molecule has 0 aromatic heterocycles. The number of hydrogen-bond donors (Lipinski definition) is 0. The molecule has 0 saturated carbocycles. The van der Waals surface area contributed by atoms with Gasteiger partial charge in [0.15, 0.2) is 0 Å². The maximum atomic E-state index is 12.5. The monoisotopic (exact) mass is 235 g/mol. The van der Waals surface area contributed by atoms with Crippen LogP contribution in [0.2, 0.25) is 0 Å². The van der Waals surface area contributed by atoms with Crippen LogP contribution in [0.15, 0.2) is 36.5 Å². The summed E-state index contributed by atoms with van der Waals surface area (Å²) in [4.78, 5) is 0.339. The van der Waals surface area contributed by atoms with Crippen molar-refractivity contribution in [3.8, 4) is 0 Å². The second-order valence-corrected chi connectivity index (χ2v) is 3.06. The van der Waals surface area contributed by atoms with Gasteiger partial charge in [-0.05, 0) is 18.1 Å². The first kappa shape index (κ1) is 11.9. The van der Waals surface area contributed by atoms with Gasteiger partial charge in [0.25, 0.3) is 0 Å². The Labute approximate surface area is 91.6 Å². The molecule has 1 nitrogen and oxygen atoms in total. The predicted molar refractivity (Wildman–Crippen MR) is 55.1 cm³/mol. The molecule has 0 aliphatic carbocycles. The third-order valence-corrected chi connectivity index (χ3v) is 2.12. The minimum atomic E-state index is -4.34. The van der Waals surface area contributed by atoms with E-state index in [0.717, 1.165) is 6.20 Å². The lowest BCUT2D eigenvalue weighted by atomic mass is 10.1. The third kappa shape index (κ3) is 2.26. The normalized spacial score (nSPS) is 14.5. The Morgan fingerprint density at radius 2 is 1.80 bits per heavy atom. The molecule has 15 heavy (non-hydrogen) atoms. The zero-order valence-electron chi connectivity index (χ0n) is 7.66. The van der Waals surface area contributed by atoms with Crippen molar-refractivity contribution in [2.24, 2.45) is 0 Å². The van der Waals surface area contributed by atoms with Crippen LogP contribution in [0.4, 0.5) is 18.9 Å². The molecule has 0 saturated heterocycles. The molecule has 1 heterocycles. The highest BCUT2D eigenvalue weighted by Crippen LogP contribution is 2.34. The molecule has 82 valence electrons. The Balaban J connectivity index is 0.00000112. The number of fused-ring (bicyclic) bond motifs is 1. The Bertz CT molecular complexity index is 373. The van der Waals surface area contributed by atoms with E-state index in [0.29, 0.717) is 16.9 Å². The largest absolute Gasteiger partial charge is 0.488 e. The standard InChI is InChI=1S/C10H8F3N.ClH/c11-10(12,13)14-7-3-5-8-4-1-2-6-9(8)14;/h1-4,6-7H,5H2;1H. The maximum Gasteiger partial charge on any atom is 0.488 e. The lowest BCUT2D eigenvalue weighted by molar-refractivity contribution is -0.122. The first-order valence-electron chi connectivity index (χ1n) is 4.19. The number of alkyl halides is 3. The van der Waals surface area contributed by atoms with Crippen LogP contribution in [0.5, 0.6) is 0 Å². The molecule has 0 radical (unpaired) electrons. The average Bonchev–Trinajstić information content (AvgIpc) is 2.15. The van der Waals surface area contributed by atoms with E-state index >= 15 is 0 Å². The molecule has 0 N–H and O–H groups in total. The summed E-state index contributed by atoms with van der Waals surface area (Å²) in [6, 6.07) is 6.53. The molecule has 0 atom stereocenters. The summed E-state index contributed by atoms with van der Waals surface area (Å²) in [5.74, 6) is 0. The van der Waals surface area contributed by atoms with Crippen molar-refractivity contribution < 1.29 is 13.2 Å². The maximum absolute atomic E-state index is 12.5. The van der Waals surface area contributed by atoms with E-state index in [1.165, 1.54) is 12.1 Å². The fourth-order valence-electron chi connectivity index (χ4n) is 1.50. The lowest BCUT2D eigenvalue weighted by Gasteiger charge is -2.27. The van der Waals surface area contributed by atoms with Crippen LogP contribution >= 0.6 is 12.4 Å². The fourth-order valence-corrected chi connectivity index (χ4v) is 1.50. The van der Waals surface area contributed by atoms with Gasteiger partial charge in [0, 0.05) is 6.20 Å². The number of hydrogen-bond acceptors (Lipinski definition) is 1. The van der Waals surface area contributed by atoms with Crippen molar-refractivity contribution in [2.45, 2.75) is 12.7 Å². The van der Waals surface area contributed by atoms with Crippen molar-refractivity contribution in [2.75, 3.05) is 4.90 Å². The Morgan fingerprint density at radius 1 is 1.13 bits per heavy atom. The van der Waals surface area contributed by atoms with Crippen LogP contribution in [0.1, 0.15) is 5.56 Å². The average molecular weight is 236 g/mol. The molecule has 1 aromatic carbocycles. The smallest absolute Gasteiger partial charge is 0.260 e. The molecule has 0 bridgehead atoms. The van der Waals surface area contributed by atoms with E-state index in [-0.39, 0.29) is 18.1 Å².